The number of hydrogen-bond donors (Lipinski definition) is 2. The average molecular weight is 411 g/mol. The van der Waals surface area contributed by atoms with Gasteiger partial charge in [0.25, 0.3) is 0 Å². The molecule has 2 fully saturated rings. The number of piperazine rings is 1. The lowest BCUT2D eigenvalue weighted by Gasteiger charge is -2.32. The molecule has 160 valence electrons. The number of ether oxygens (including phenoxy) is 1. The standard InChI is InChI=1S/C22H38N4O.ClH/c1-18-20(24-9-12-25-10-5-6-11-25)15-19(27-17-22(2,3)4)16-21(18)26-13-7-23-8-14-26;/h15-16,23-24H,5-14,17H2,1-4H3;1H. The fraction of sp³-hybridized carbons (Fsp3) is 0.727. The highest BCUT2D eigenvalue weighted by molar-refractivity contribution is 5.85. The van der Waals surface area contributed by atoms with Gasteiger partial charge in [-0.05, 0) is 43.8 Å². The highest BCUT2D eigenvalue weighted by Crippen LogP contribution is 2.33. The highest BCUT2D eigenvalue weighted by Gasteiger charge is 2.18. The molecule has 6 heteroatoms. The van der Waals surface area contributed by atoms with Crippen molar-refractivity contribution in [3.8, 4) is 5.75 Å². The molecule has 0 saturated carbocycles. The van der Waals surface area contributed by atoms with Crippen molar-refractivity contribution in [2.75, 3.05) is 69.2 Å². The number of anilines is 2. The molecule has 5 nitrogen and oxygen atoms in total. The first kappa shape index (κ1) is 23.1. The number of rotatable bonds is 7. The third-order valence-corrected chi connectivity index (χ3v) is 5.43. The van der Waals surface area contributed by atoms with Gasteiger partial charge in [-0.25, -0.2) is 0 Å². The zero-order valence-corrected chi connectivity index (χ0v) is 19.0. The molecule has 0 atom stereocenters. The topological polar surface area (TPSA) is 39.8 Å². The van der Waals surface area contributed by atoms with E-state index in [4.69, 9.17) is 4.74 Å². The van der Waals surface area contributed by atoms with Gasteiger partial charge in [0.15, 0.2) is 0 Å². The van der Waals surface area contributed by atoms with Gasteiger partial charge in [-0.15, -0.1) is 12.4 Å². The van der Waals surface area contributed by atoms with Gasteiger partial charge in [0.05, 0.1) is 6.61 Å². The van der Waals surface area contributed by atoms with Gasteiger partial charge in [0.1, 0.15) is 5.75 Å². The molecule has 2 aliphatic rings. The lowest BCUT2D eigenvalue weighted by Crippen LogP contribution is -2.43. The number of hydrogen-bond acceptors (Lipinski definition) is 5. The van der Waals surface area contributed by atoms with E-state index in [0.29, 0.717) is 0 Å². The minimum atomic E-state index is 0. The molecule has 0 unspecified atom stereocenters. The zero-order valence-electron chi connectivity index (χ0n) is 18.1. The number of benzene rings is 1. The second kappa shape index (κ2) is 10.6. The molecule has 1 aromatic rings. The summed E-state index contributed by atoms with van der Waals surface area (Å²) in [5.74, 6) is 0.979. The monoisotopic (exact) mass is 410 g/mol. The number of halogens is 1. The van der Waals surface area contributed by atoms with Crippen molar-refractivity contribution in [3.05, 3.63) is 17.7 Å². The van der Waals surface area contributed by atoms with Gasteiger partial charge in [0, 0.05) is 62.8 Å². The molecule has 0 aromatic heterocycles. The van der Waals surface area contributed by atoms with Crippen molar-refractivity contribution in [1.82, 2.24) is 10.2 Å². The molecule has 1 aromatic carbocycles. The van der Waals surface area contributed by atoms with E-state index in [1.165, 1.54) is 42.9 Å². The van der Waals surface area contributed by atoms with Crippen LogP contribution in [-0.2, 0) is 0 Å². The first-order chi connectivity index (χ1) is 12.9. The van der Waals surface area contributed by atoms with Crippen molar-refractivity contribution in [3.63, 3.8) is 0 Å². The Balaban J connectivity index is 0.00000280. The minimum absolute atomic E-state index is 0. The lowest BCUT2D eigenvalue weighted by atomic mass is 9.98. The van der Waals surface area contributed by atoms with E-state index in [-0.39, 0.29) is 17.8 Å². The maximum absolute atomic E-state index is 6.18. The Morgan fingerprint density at radius 3 is 2.39 bits per heavy atom. The molecular formula is C22H39ClN4O. The van der Waals surface area contributed by atoms with Crippen LogP contribution < -0.4 is 20.3 Å². The number of nitrogens with one attached hydrogen (secondary N) is 2. The van der Waals surface area contributed by atoms with Crippen LogP contribution in [-0.4, -0.2) is 63.9 Å². The summed E-state index contributed by atoms with van der Waals surface area (Å²) in [6, 6.07) is 4.43. The SMILES string of the molecule is Cc1c(NCCN2CCCC2)cc(OCC(C)(C)C)cc1N1CCNCC1.Cl. The summed E-state index contributed by atoms with van der Waals surface area (Å²) in [6.45, 7) is 18.4. The van der Waals surface area contributed by atoms with Gasteiger partial charge >= 0.3 is 0 Å². The van der Waals surface area contributed by atoms with Gasteiger partial charge in [-0.1, -0.05) is 20.8 Å². The van der Waals surface area contributed by atoms with Gasteiger partial charge in [0.2, 0.25) is 0 Å². The average Bonchev–Trinajstić information content (AvgIpc) is 3.15. The van der Waals surface area contributed by atoms with E-state index in [1.807, 2.05) is 0 Å². The highest BCUT2D eigenvalue weighted by atomic mass is 35.5. The summed E-state index contributed by atoms with van der Waals surface area (Å²) >= 11 is 0. The molecule has 0 amide bonds. The lowest BCUT2D eigenvalue weighted by molar-refractivity contribution is 0.198. The quantitative estimate of drug-likeness (QED) is 0.716. The maximum Gasteiger partial charge on any atom is 0.123 e. The van der Waals surface area contributed by atoms with E-state index in [0.717, 1.165) is 51.6 Å². The van der Waals surface area contributed by atoms with Crippen molar-refractivity contribution >= 4 is 23.8 Å². The molecule has 0 bridgehead atoms. The summed E-state index contributed by atoms with van der Waals surface area (Å²) in [4.78, 5) is 5.04. The molecule has 28 heavy (non-hydrogen) atoms. The largest absolute Gasteiger partial charge is 0.493 e. The summed E-state index contributed by atoms with van der Waals surface area (Å²) in [5, 5.41) is 7.14. The predicted octanol–water partition coefficient (Wildman–Crippen LogP) is 3.76. The van der Waals surface area contributed by atoms with Crippen LogP contribution in [0.2, 0.25) is 0 Å². The van der Waals surface area contributed by atoms with Gasteiger partial charge < -0.3 is 25.2 Å². The zero-order chi connectivity index (χ0) is 19.3. The van der Waals surface area contributed by atoms with E-state index in [2.05, 4.69) is 60.3 Å². The molecule has 2 N–H and O–H groups in total. The molecule has 0 radical (unpaired) electrons. The van der Waals surface area contributed by atoms with E-state index in [9.17, 15) is 0 Å². The molecule has 2 aliphatic heterocycles. The number of likely N-dealkylation sites (tertiary alicyclic amines) is 1. The summed E-state index contributed by atoms with van der Waals surface area (Å²) < 4.78 is 6.18. The van der Waals surface area contributed by atoms with Crippen LogP contribution in [0.4, 0.5) is 11.4 Å². The normalized spacial score (nSPS) is 18.1. The van der Waals surface area contributed by atoms with Crippen LogP contribution in [0.5, 0.6) is 5.75 Å². The Morgan fingerprint density at radius 1 is 1.07 bits per heavy atom. The maximum atomic E-state index is 6.18. The molecule has 0 spiro atoms. The smallest absolute Gasteiger partial charge is 0.123 e. The Hall–Kier alpha value is -1.17. The molecule has 2 heterocycles. The van der Waals surface area contributed by atoms with E-state index in [1.54, 1.807) is 0 Å². The molecule has 2 saturated heterocycles. The summed E-state index contributed by atoms with van der Waals surface area (Å²) in [7, 11) is 0. The van der Waals surface area contributed by atoms with Crippen molar-refractivity contribution in [2.45, 2.75) is 40.5 Å². The van der Waals surface area contributed by atoms with Crippen LogP contribution in [0.3, 0.4) is 0 Å². The van der Waals surface area contributed by atoms with Crippen molar-refractivity contribution < 1.29 is 4.74 Å². The van der Waals surface area contributed by atoms with Gasteiger partial charge in [-0.3, -0.25) is 0 Å². The van der Waals surface area contributed by atoms with Crippen molar-refractivity contribution in [2.24, 2.45) is 5.41 Å². The third kappa shape index (κ3) is 6.71. The Morgan fingerprint density at radius 2 is 1.75 bits per heavy atom. The fourth-order valence-corrected chi connectivity index (χ4v) is 3.83. The predicted molar refractivity (Wildman–Crippen MR) is 123 cm³/mol. The van der Waals surface area contributed by atoms with Crippen LogP contribution >= 0.6 is 12.4 Å². The van der Waals surface area contributed by atoms with E-state index < -0.39 is 0 Å². The summed E-state index contributed by atoms with van der Waals surface area (Å²) in [5.41, 5.74) is 4.02. The summed E-state index contributed by atoms with van der Waals surface area (Å²) in [6.07, 6.45) is 2.70. The van der Waals surface area contributed by atoms with Crippen LogP contribution in [0, 0.1) is 12.3 Å². The number of nitrogens with zero attached hydrogens (tertiary/aromatic N) is 2. The van der Waals surface area contributed by atoms with Crippen LogP contribution in [0.25, 0.3) is 0 Å². The third-order valence-electron chi connectivity index (χ3n) is 5.43. The molecule has 0 aliphatic carbocycles. The van der Waals surface area contributed by atoms with Gasteiger partial charge in [-0.2, -0.15) is 0 Å². The second-order valence-electron chi connectivity index (χ2n) is 9.18. The van der Waals surface area contributed by atoms with Crippen LogP contribution in [0.1, 0.15) is 39.2 Å². The Bertz CT molecular complexity index is 605. The van der Waals surface area contributed by atoms with Crippen LogP contribution in [0.15, 0.2) is 12.1 Å². The fourth-order valence-electron chi connectivity index (χ4n) is 3.83. The van der Waals surface area contributed by atoms with E-state index >= 15 is 0 Å². The first-order valence-corrected chi connectivity index (χ1v) is 10.6. The first-order valence-electron chi connectivity index (χ1n) is 10.6. The second-order valence-corrected chi connectivity index (χ2v) is 9.18. The Kier molecular flexibility index (Phi) is 8.72. The minimum Gasteiger partial charge on any atom is -0.493 e. The Labute approximate surface area is 177 Å². The molecular weight excluding hydrogens is 372 g/mol. The van der Waals surface area contributed by atoms with Crippen molar-refractivity contribution in [1.29, 1.82) is 0 Å². The molecule has 3 rings (SSSR count).